The lowest BCUT2D eigenvalue weighted by Crippen LogP contribution is -2.31. The summed E-state index contributed by atoms with van der Waals surface area (Å²) in [6.45, 7) is 5.36. The topological polar surface area (TPSA) is 49.4 Å². The molecule has 108 valence electrons. The average Bonchev–Trinajstić information content (AvgIpc) is 2.62. The lowest BCUT2D eigenvalue weighted by atomic mass is 10.2. The van der Waals surface area contributed by atoms with Gasteiger partial charge in [-0.25, -0.2) is 0 Å². The van der Waals surface area contributed by atoms with Crippen LogP contribution in [0.15, 0.2) is 0 Å². The Kier molecular flexibility index (Phi) is 7.38. The molecular weight excluding hydrogens is 280 g/mol. The maximum Gasteiger partial charge on any atom is 0.241 e. The summed E-state index contributed by atoms with van der Waals surface area (Å²) in [5.74, 6) is 0.245. The molecule has 4 nitrogen and oxygen atoms in total. The van der Waals surface area contributed by atoms with E-state index in [-0.39, 0.29) is 17.1 Å². The summed E-state index contributed by atoms with van der Waals surface area (Å²) in [6, 6.07) is 0. The van der Waals surface area contributed by atoms with Gasteiger partial charge in [0.05, 0.1) is 5.25 Å². The van der Waals surface area contributed by atoms with Gasteiger partial charge < -0.3 is 5.32 Å². The molecular formula is C13H22N2O2S2. The van der Waals surface area contributed by atoms with Crippen LogP contribution in [0.4, 0.5) is 0 Å². The van der Waals surface area contributed by atoms with Crippen LogP contribution in [0.3, 0.4) is 0 Å². The predicted octanol–water partition coefficient (Wildman–Crippen LogP) is 2.32. The Balaban J connectivity index is 2.09. The van der Waals surface area contributed by atoms with E-state index in [9.17, 15) is 9.59 Å². The third-order valence-electron chi connectivity index (χ3n) is 2.97. The molecule has 1 rings (SSSR count). The van der Waals surface area contributed by atoms with E-state index in [4.69, 9.17) is 12.2 Å². The highest BCUT2D eigenvalue weighted by Gasteiger charge is 2.32. The van der Waals surface area contributed by atoms with Crippen molar-refractivity contribution in [1.29, 1.82) is 0 Å². The first kappa shape index (κ1) is 16.4. The quantitative estimate of drug-likeness (QED) is 0.552. The maximum atomic E-state index is 11.8. The number of hydrogen-bond acceptors (Lipinski definition) is 4. The molecule has 1 heterocycles. The Bertz CT molecular complexity index is 348. The highest BCUT2D eigenvalue weighted by molar-refractivity contribution is 8.24. The molecule has 1 aliphatic rings. The Hall–Kier alpha value is -0.620. The fourth-order valence-corrected chi connectivity index (χ4v) is 3.31. The van der Waals surface area contributed by atoms with Gasteiger partial charge in [0.1, 0.15) is 4.32 Å². The Morgan fingerprint density at radius 2 is 2.16 bits per heavy atom. The standard InChI is InChI=1S/C13H22N2O2S2/c1-3-8-14-11(16)7-5-4-6-9-15-12(17)10(2)19-13(15)18/h10H,3-9H2,1-2H3,(H,14,16). The second kappa shape index (κ2) is 8.53. The van der Waals surface area contributed by atoms with Crippen LogP contribution in [-0.2, 0) is 9.59 Å². The number of unbranched alkanes of at least 4 members (excludes halogenated alkanes) is 2. The summed E-state index contributed by atoms with van der Waals surface area (Å²) in [5, 5.41) is 2.82. The molecule has 0 spiro atoms. The zero-order chi connectivity index (χ0) is 14.3. The monoisotopic (exact) mass is 302 g/mol. The molecule has 0 aromatic heterocycles. The van der Waals surface area contributed by atoms with Gasteiger partial charge in [0.2, 0.25) is 11.8 Å². The van der Waals surface area contributed by atoms with Crippen molar-refractivity contribution >= 4 is 40.1 Å². The van der Waals surface area contributed by atoms with E-state index in [1.807, 2.05) is 13.8 Å². The molecule has 1 unspecified atom stereocenters. The fraction of sp³-hybridized carbons (Fsp3) is 0.769. The highest BCUT2D eigenvalue weighted by atomic mass is 32.2. The molecule has 0 saturated carbocycles. The average molecular weight is 302 g/mol. The molecule has 0 radical (unpaired) electrons. The minimum atomic E-state index is -0.0349. The number of carbonyl (C=O) groups is 2. The molecule has 0 aromatic carbocycles. The van der Waals surface area contributed by atoms with Gasteiger partial charge >= 0.3 is 0 Å². The van der Waals surface area contributed by atoms with Crippen molar-refractivity contribution in [1.82, 2.24) is 10.2 Å². The largest absolute Gasteiger partial charge is 0.356 e. The summed E-state index contributed by atoms with van der Waals surface area (Å²) in [5.41, 5.74) is 0. The van der Waals surface area contributed by atoms with Crippen LogP contribution in [0.5, 0.6) is 0 Å². The maximum absolute atomic E-state index is 11.8. The number of thioether (sulfide) groups is 1. The number of hydrogen-bond donors (Lipinski definition) is 1. The molecule has 6 heteroatoms. The van der Waals surface area contributed by atoms with E-state index in [1.165, 1.54) is 11.8 Å². The predicted molar refractivity (Wildman–Crippen MR) is 83.1 cm³/mol. The van der Waals surface area contributed by atoms with Crippen LogP contribution in [0.2, 0.25) is 0 Å². The molecule has 1 atom stereocenters. The molecule has 1 N–H and O–H groups in total. The van der Waals surface area contributed by atoms with Crippen molar-refractivity contribution in [3.8, 4) is 0 Å². The number of nitrogens with one attached hydrogen (secondary N) is 1. The fourth-order valence-electron chi connectivity index (χ4n) is 1.86. The Morgan fingerprint density at radius 1 is 1.42 bits per heavy atom. The number of amides is 2. The summed E-state index contributed by atoms with van der Waals surface area (Å²) in [6.07, 6.45) is 4.26. The van der Waals surface area contributed by atoms with Crippen LogP contribution >= 0.6 is 24.0 Å². The normalized spacial score (nSPS) is 19.1. The number of carbonyl (C=O) groups excluding carboxylic acids is 2. The van der Waals surface area contributed by atoms with E-state index in [2.05, 4.69) is 5.32 Å². The minimum absolute atomic E-state index is 0.0349. The summed E-state index contributed by atoms with van der Waals surface area (Å²) < 4.78 is 0.693. The Morgan fingerprint density at radius 3 is 2.74 bits per heavy atom. The van der Waals surface area contributed by atoms with Crippen LogP contribution in [0.1, 0.15) is 46.0 Å². The lowest BCUT2D eigenvalue weighted by Gasteiger charge is -2.14. The smallest absolute Gasteiger partial charge is 0.241 e. The van der Waals surface area contributed by atoms with Crippen LogP contribution in [0.25, 0.3) is 0 Å². The first-order valence-corrected chi connectivity index (χ1v) is 8.13. The second-order valence-corrected chi connectivity index (χ2v) is 6.65. The van der Waals surface area contributed by atoms with Gasteiger partial charge in [0.15, 0.2) is 0 Å². The Labute approximate surface area is 124 Å². The molecule has 1 aliphatic heterocycles. The number of nitrogens with zero attached hydrogens (tertiary/aromatic N) is 1. The highest BCUT2D eigenvalue weighted by Crippen LogP contribution is 2.26. The molecule has 1 saturated heterocycles. The van der Waals surface area contributed by atoms with E-state index in [0.29, 0.717) is 17.3 Å². The van der Waals surface area contributed by atoms with Gasteiger partial charge in [-0.05, 0) is 26.2 Å². The van der Waals surface area contributed by atoms with Crippen LogP contribution in [-0.4, -0.2) is 39.4 Å². The van der Waals surface area contributed by atoms with Gasteiger partial charge in [0.25, 0.3) is 0 Å². The van der Waals surface area contributed by atoms with Crippen LogP contribution < -0.4 is 5.32 Å². The molecule has 0 bridgehead atoms. The first-order valence-electron chi connectivity index (χ1n) is 6.85. The molecule has 2 amide bonds. The van der Waals surface area contributed by atoms with Crippen molar-refractivity contribution in [3.05, 3.63) is 0 Å². The van der Waals surface area contributed by atoms with Crippen molar-refractivity contribution in [2.24, 2.45) is 0 Å². The van der Waals surface area contributed by atoms with Gasteiger partial charge in [-0.2, -0.15) is 0 Å². The zero-order valence-corrected chi connectivity index (χ0v) is 13.2. The second-order valence-electron chi connectivity index (χ2n) is 4.68. The van der Waals surface area contributed by atoms with Gasteiger partial charge in [-0.1, -0.05) is 37.3 Å². The van der Waals surface area contributed by atoms with Crippen molar-refractivity contribution in [2.75, 3.05) is 13.1 Å². The summed E-state index contributed by atoms with van der Waals surface area (Å²) in [4.78, 5) is 24.8. The molecule has 19 heavy (non-hydrogen) atoms. The van der Waals surface area contributed by atoms with Crippen LogP contribution in [0, 0.1) is 0 Å². The van der Waals surface area contributed by atoms with Crippen molar-refractivity contribution in [3.63, 3.8) is 0 Å². The van der Waals surface area contributed by atoms with Crippen molar-refractivity contribution < 1.29 is 9.59 Å². The van der Waals surface area contributed by atoms with E-state index in [1.54, 1.807) is 4.90 Å². The zero-order valence-electron chi connectivity index (χ0n) is 11.6. The SMILES string of the molecule is CCCNC(=O)CCCCCN1C(=O)C(C)SC1=S. The third kappa shape index (κ3) is 5.48. The van der Waals surface area contributed by atoms with E-state index >= 15 is 0 Å². The third-order valence-corrected chi connectivity index (χ3v) is 4.46. The number of rotatable bonds is 8. The first-order chi connectivity index (χ1) is 9.06. The van der Waals surface area contributed by atoms with E-state index < -0.39 is 0 Å². The lowest BCUT2D eigenvalue weighted by molar-refractivity contribution is -0.126. The van der Waals surface area contributed by atoms with E-state index in [0.717, 1.165) is 32.2 Å². The van der Waals surface area contributed by atoms with Gasteiger partial charge in [0, 0.05) is 19.5 Å². The molecule has 0 aromatic rings. The van der Waals surface area contributed by atoms with Gasteiger partial charge in [-0.15, -0.1) is 0 Å². The molecule has 0 aliphatic carbocycles. The summed E-state index contributed by atoms with van der Waals surface area (Å²) >= 11 is 6.62. The minimum Gasteiger partial charge on any atom is -0.356 e. The van der Waals surface area contributed by atoms with Crippen molar-refractivity contribution in [2.45, 2.75) is 51.2 Å². The summed E-state index contributed by atoms with van der Waals surface area (Å²) in [7, 11) is 0. The number of thiocarbonyl (C=S) groups is 1. The molecule has 1 fully saturated rings. The van der Waals surface area contributed by atoms with Gasteiger partial charge in [-0.3, -0.25) is 14.5 Å².